The van der Waals surface area contributed by atoms with Gasteiger partial charge in [0.05, 0.1) is 32.0 Å². The Morgan fingerprint density at radius 2 is 1.00 bits per heavy atom. The third-order valence-corrected chi connectivity index (χ3v) is 5.42. The van der Waals surface area contributed by atoms with Crippen molar-refractivity contribution in [2.24, 2.45) is 0 Å². The molecule has 0 spiro atoms. The highest BCUT2D eigenvalue weighted by atomic mass is 32.2. The van der Waals surface area contributed by atoms with Crippen LogP contribution in [-0.4, -0.2) is 30.6 Å². The Morgan fingerprint density at radius 3 is 1.24 bits per heavy atom. The first-order valence-electron chi connectivity index (χ1n) is 7.21. The molecule has 0 aliphatic rings. The summed E-state index contributed by atoms with van der Waals surface area (Å²) in [5.74, 6) is -3.99. The van der Waals surface area contributed by atoms with E-state index in [9.17, 15) is 44.3 Å². The van der Waals surface area contributed by atoms with Crippen molar-refractivity contribution in [2.75, 3.05) is 0 Å². The van der Waals surface area contributed by atoms with Gasteiger partial charge in [0, 0.05) is 0 Å². The molecule has 0 heterocycles. The van der Waals surface area contributed by atoms with Gasteiger partial charge >= 0.3 is 24.3 Å². The van der Waals surface area contributed by atoms with E-state index in [4.69, 9.17) is 10.2 Å². The topological polar surface area (TPSA) is 109 Å². The second kappa shape index (κ2) is 7.06. The summed E-state index contributed by atoms with van der Waals surface area (Å²) in [6.45, 7) is 0. The highest BCUT2D eigenvalue weighted by molar-refractivity contribution is 7.91. The molecule has 0 aromatic heterocycles. The van der Waals surface area contributed by atoms with E-state index in [2.05, 4.69) is 0 Å². The van der Waals surface area contributed by atoms with Crippen LogP contribution in [0.25, 0.3) is 0 Å². The van der Waals surface area contributed by atoms with Gasteiger partial charge in [0.1, 0.15) is 0 Å². The van der Waals surface area contributed by atoms with E-state index in [0.29, 0.717) is 24.3 Å². The molecule has 0 saturated carbocycles. The Hall–Kier alpha value is -3.09. The fraction of sp³-hybridized carbons (Fsp3) is 0.125. The van der Waals surface area contributed by atoms with Crippen molar-refractivity contribution >= 4 is 21.8 Å². The minimum absolute atomic E-state index is 0.0167. The van der Waals surface area contributed by atoms with Crippen LogP contribution in [0.1, 0.15) is 31.8 Å². The standard InChI is InChI=1S/C16H8F6O6S/c17-15(18,19)11-5-7(1-3-9(11)13(23)24)29(27,28)8-2-4-10(14(25)26)12(6-8)16(20,21)22/h1-6H,(H,23,24)(H,25,26). The van der Waals surface area contributed by atoms with E-state index in [-0.39, 0.29) is 12.1 Å². The van der Waals surface area contributed by atoms with Crippen LogP contribution in [0.15, 0.2) is 46.2 Å². The Morgan fingerprint density at radius 1 is 0.690 bits per heavy atom. The van der Waals surface area contributed by atoms with Gasteiger partial charge < -0.3 is 10.2 Å². The zero-order chi connectivity index (χ0) is 22.4. The van der Waals surface area contributed by atoms with Crippen LogP contribution in [0.4, 0.5) is 26.3 Å². The van der Waals surface area contributed by atoms with Gasteiger partial charge in [-0.15, -0.1) is 0 Å². The largest absolute Gasteiger partial charge is 0.478 e. The maximum absolute atomic E-state index is 13.1. The Kier molecular flexibility index (Phi) is 5.41. The van der Waals surface area contributed by atoms with E-state index >= 15 is 0 Å². The van der Waals surface area contributed by atoms with Crippen LogP contribution < -0.4 is 0 Å². The third kappa shape index (κ3) is 4.34. The van der Waals surface area contributed by atoms with Gasteiger partial charge in [-0.05, 0) is 36.4 Å². The fourth-order valence-corrected chi connectivity index (χ4v) is 3.67. The number of alkyl halides is 6. The lowest BCUT2D eigenvalue weighted by Gasteiger charge is -2.14. The molecule has 0 bridgehead atoms. The maximum atomic E-state index is 13.1. The van der Waals surface area contributed by atoms with Gasteiger partial charge in [-0.3, -0.25) is 0 Å². The molecule has 0 radical (unpaired) electrons. The minimum atomic E-state index is -5.26. The average molecular weight is 442 g/mol. The lowest BCUT2D eigenvalue weighted by molar-refractivity contribution is -0.139. The molecule has 6 nitrogen and oxygen atoms in total. The Labute approximate surface area is 157 Å². The van der Waals surface area contributed by atoms with Crippen molar-refractivity contribution in [3.63, 3.8) is 0 Å². The number of hydrogen-bond donors (Lipinski definition) is 2. The predicted octanol–water partition coefficient (Wildman–Crippen LogP) is 3.95. The molecule has 0 saturated heterocycles. The number of carboxylic acid groups (broad SMARTS) is 2. The molecule has 2 aromatic carbocycles. The van der Waals surface area contributed by atoms with Crippen LogP contribution in [-0.2, 0) is 22.2 Å². The van der Waals surface area contributed by atoms with Gasteiger partial charge in [0.25, 0.3) is 0 Å². The van der Waals surface area contributed by atoms with Gasteiger partial charge in [0.15, 0.2) is 0 Å². The number of sulfone groups is 1. The van der Waals surface area contributed by atoms with Crippen LogP contribution in [0.5, 0.6) is 0 Å². The smallest absolute Gasteiger partial charge is 0.417 e. The zero-order valence-corrected chi connectivity index (χ0v) is 14.5. The number of rotatable bonds is 4. The summed E-state index contributed by atoms with van der Waals surface area (Å²) in [6, 6.07) is 1.66. The van der Waals surface area contributed by atoms with Gasteiger partial charge in [-0.2, -0.15) is 26.3 Å². The van der Waals surface area contributed by atoms with Crippen molar-refractivity contribution in [1.29, 1.82) is 0 Å². The monoisotopic (exact) mass is 442 g/mol. The molecule has 0 aliphatic carbocycles. The molecule has 13 heteroatoms. The molecule has 0 atom stereocenters. The van der Waals surface area contributed by atoms with Gasteiger partial charge in [0.2, 0.25) is 9.84 Å². The molecule has 2 aromatic rings. The first kappa shape index (κ1) is 22.2. The van der Waals surface area contributed by atoms with Crippen molar-refractivity contribution in [2.45, 2.75) is 22.1 Å². The molecular formula is C16H8F6O6S. The lowest BCUT2D eigenvalue weighted by atomic mass is 10.1. The number of aromatic carboxylic acids is 2. The number of carbonyl (C=O) groups is 2. The summed E-state index contributed by atoms with van der Waals surface area (Å²) in [6.07, 6.45) is -10.5. The Balaban J connectivity index is 2.74. The summed E-state index contributed by atoms with van der Waals surface area (Å²) in [7, 11) is -4.98. The molecule has 0 amide bonds. The van der Waals surface area contributed by atoms with Crippen molar-refractivity contribution in [1.82, 2.24) is 0 Å². The number of halogens is 6. The van der Waals surface area contributed by atoms with E-state index < -0.39 is 66.2 Å². The van der Waals surface area contributed by atoms with Crippen LogP contribution in [0, 0.1) is 0 Å². The number of carboxylic acids is 2. The SMILES string of the molecule is O=C(O)c1ccc(S(=O)(=O)c2ccc(C(=O)O)c(C(F)(F)F)c2)cc1C(F)(F)F. The van der Waals surface area contributed by atoms with Crippen LogP contribution in [0.3, 0.4) is 0 Å². The molecule has 0 aliphatic heterocycles. The molecule has 29 heavy (non-hydrogen) atoms. The molecular weight excluding hydrogens is 434 g/mol. The molecule has 2 rings (SSSR count). The van der Waals surface area contributed by atoms with E-state index in [1.54, 1.807) is 0 Å². The van der Waals surface area contributed by atoms with Gasteiger partial charge in [-0.25, -0.2) is 18.0 Å². The highest BCUT2D eigenvalue weighted by Crippen LogP contribution is 2.37. The summed E-state index contributed by atoms with van der Waals surface area (Å²) in [5.41, 5.74) is -6.14. The second-order valence-electron chi connectivity index (χ2n) is 5.52. The third-order valence-electron chi connectivity index (χ3n) is 3.67. The summed E-state index contributed by atoms with van der Waals surface area (Å²) >= 11 is 0. The van der Waals surface area contributed by atoms with Crippen LogP contribution >= 0.6 is 0 Å². The summed E-state index contributed by atoms with van der Waals surface area (Å²) < 4.78 is 103. The van der Waals surface area contributed by atoms with Gasteiger partial charge in [-0.1, -0.05) is 0 Å². The minimum Gasteiger partial charge on any atom is -0.478 e. The quantitative estimate of drug-likeness (QED) is 0.695. The van der Waals surface area contributed by atoms with Crippen molar-refractivity contribution in [3.05, 3.63) is 58.7 Å². The fourth-order valence-electron chi connectivity index (χ4n) is 2.36. The average Bonchev–Trinajstić information content (AvgIpc) is 2.58. The predicted molar refractivity (Wildman–Crippen MR) is 82.3 cm³/mol. The summed E-state index contributed by atoms with van der Waals surface area (Å²) in [5, 5.41) is 17.6. The van der Waals surface area contributed by atoms with E-state index in [1.807, 2.05) is 0 Å². The molecule has 2 N–H and O–H groups in total. The molecule has 0 unspecified atom stereocenters. The highest BCUT2D eigenvalue weighted by Gasteiger charge is 2.39. The van der Waals surface area contributed by atoms with Crippen molar-refractivity contribution < 1.29 is 54.6 Å². The second-order valence-corrected chi connectivity index (χ2v) is 7.47. The van der Waals surface area contributed by atoms with Crippen molar-refractivity contribution in [3.8, 4) is 0 Å². The molecule has 156 valence electrons. The zero-order valence-electron chi connectivity index (χ0n) is 13.7. The number of benzene rings is 2. The first-order valence-corrected chi connectivity index (χ1v) is 8.69. The van der Waals surface area contributed by atoms with E-state index in [0.717, 1.165) is 0 Å². The van der Waals surface area contributed by atoms with E-state index in [1.165, 1.54) is 0 Å². The van der Waals surface area contributed by atoms with Crippen LogP contribution in [0.2, 0.25) is 0 Å². The Bertz CT molecular complexity index is 1020. The summed E-state index contributed by atoms with van der Waals surface area (Å²) in [4.78, 5) is 19.6. The number of hydrogen-bond acceptors (Lipinski definition) is 4. The normalized spacial score (nSPS) is 12.6. The first-order chi connectivity index (χ1) is 13.1. The lowest BCUT2D eigenvalue weighted by Crippen LogP contribution is -2.16. The maximum Gasteiger partial charge on any atom is 0.417 e. The molecule has 0 fully saturated rings.